The number of aryl methyl sites for hydroxylation is 2. The number of rotatable bonds is 4. The molecule has 27 heavy (non-hydrogen) atoms. The third-order valence-electron chi connectivity index (χ3n) is 4.93. The minimum Gasteiger partial charge on any atom is -0.444 e. The second-order valence-corrected chi connectivity index (χ2v) is 8.29. The summed E-state index contributed by atoms with van der Waals surface area (Å²) in [5, 5.41) is 10.3. The Hall–Kier alpha value is -2.09. The van der Waals surface area contributed by atoms with Gasteiger partial charge in [-0.2, -0.15) is 5.10 Å². The molecule has 0 saturated carbocycles. The second kappa shape index (κ2) is 8.29. The zero-order chi connectivity index (χ0) is 20.4. The quantitative estimate of drug-likeness (QED) is 0.838. The van der Waals surface area contributed by atoms with Crippen LogP contribution in [0.2, 0.25) is 0 Å². The largest absolute Gasteiger partial charge is 0.444 e. The molecule has 0 aromatic carbocycles. The summed E-state index contributed by atoms with van der Waals surface area (Å²) in [5.74, 6) is -0.0345. The predicted octanol–water partition coefficient (Wildman–Crippen LogP) is 2.35. The fourth-order valence-corrected chi connectivity index (χ4v) is 3.25. The molecule has 8 heteroatoms. The first-order valence-electron chi connectivity index (χ1n) is 9.52. The summed E-state index contributed by atoms with van der Waals surface area (Å²) in [6.45, 7) is 12.8. The van der Waals surface area contributed by atoms with Gasteiger partial charge in [0.2, 0.25) is 5.91 Å². The topological polar surface area (TPSA) is 88.5 Å². The van der Waals surface area contributed by atoms with Gasteiger partial charge in [0, 0.05) is 26.2 Å². The first-order valence-corrected chi connectivity index (χ1v) is 9.52. The molecule has 1 aliphatic rings. The third-order valence-corrected chi connectivity index (χ3v) is 4.93. The van der Waals surface area contributed by atoms with Gasteiger partial charge in [-0.25, -0.2) is 4.79 Å². The molecular formula is C19H33N5O3. The first-order chi connectivity index (χ1) is 12.5. The van der Waals surface area contributed by atoms with Crippen LogP contribution in [0.1, 0.15) is 51.9 Å². The molecule has 2 N–H and O–H groups in total. The van der Waals surface area contributed by atoms with Gasteiger partial charge in [0.25, 0.3) is 0 Å². The van der Waals surface area contributed by atoms with Crippen LogP contribution in [-0.2, 0) is 16.6 Å². The Labute approximate surface area is 161 Å². The van der Waals surface area contributed by atoms with Gasteiger partial charge in [0.1, 0.15) is 5.60 Å². The summed E-state index contributed by atoms with van der Waals surface area (Å²) in [4.78, 5) is 26.7. The van der Waals surface area contributed by atoms with Crippen molar-refractivity contribution < 1.29 is 14.3 Å². The maximum absolute atomic E-state index is 12.7. The molecule has 1 atom stereocenters. The van der Waals surface area contributed by atoms with Crippen molar-refractivity contribution in [1.82, 2.24) is 20.0 Å². The van der Waals surface area contributed by atoms with Crippen LogP contribution in [0, 0.1) is 13.8 Å². The number of amides is 2. The second-order valence-electron chi connectivity index (χ2n) is 8.29. The highest BCUT2D eigenvalue weighted by Crippen LogP contribution is 2.20. The monoisotopic (exact) mass is 379 g/mol. The molecule has 2 heterocycles. The molecule has 0 spiro atoms. The zero-order valence-electron chi connectivity index (χ0n) is 17.5. The minimum absolute atomic E-state index is 0.0345. The van der Waals surface area contributed by atoms with Crippen LogP contribution in [0.3, 0.4) is 0 Å². The van der Waals surface area contributed by atoms with Gasteiger partial charge in [0.15, 0.2) is 0 Å². The van der Waals surface area contributed by atoms with Crippen molar-refractivity contribution in [1.29, 1.82) is 0 Å². The van der Waals surface area contributed by atoms with Crippen molar-refractivity contribution in [2.75, 3.05) is 18.4 Å². The van der Waals surface area contributed by atoms with E-state index in [2.05, 4.69) is 20.6 Å². The van der Waals surface area contributed by atoms with Crippen molar-refractivity contribution in [3.8, 4) is 0 Å². The van der Waals surface area contributed by atoms with Crippen molar-refractivity contribution in [3.05, 3.63) is 11.4 Å². The van der Waals surface area contributed by atoms with E-state index in [-0.39, 0.29) is 24.1 Å². The molecule has 1 aliphatic heterocycles. The first kappa shape index (κ1) is 21.2. The fourth-order valence-electron chi connectivity index (χ4n) is 3.25. The lowest BCUT2D eigenvalue weighted by Crippen LogP contribution is -2.51. The molecule has 0 aliphatic carbocycles. The van der Waals surface area contributed by atoms with E-state index in [9.17, 15) is 9.59 Å². The van der Waals surface area contributed by atoms with Crippen LogP contribution < -0.4 is 10.6 Å². The van der Waals surface area contributed by atoms with E-state index in [1.54, 1.807) is 4.68 Å². The molecular weight excluding hydrogens is 346 g/mol. The number of carbonyl (C=O) groups is 2. The van der Waals surface area contributed by atoms with Gasteiger partial charge in [-0.1, -0.05) is 0 Å². The maximum Gasteiger partial charge on any atom is 0.407 e. The Balaban J connectivity index is 1.84. The molecule has 0 bridgehead atoms. The van der Waals surface area contributed by atoms with Gasteiger partial charge in [-0.3, -0.25) is 14.4 Å². The Morgan fingerprint density at radius 2 is 1.81 bits per heavy atom. The number of anilines is 1. The predicted molar refractivity (Wildman–Crippen MR) is 105 cm³/mol. The van der Waals surface area contributed by atoms with E-state index in [1.807, 2.05) is 48.6 Å². The third kappa shape index (κ3) is 5.69. The van der Waals surface area contributed by atoms with Gasteiger partial charge >= 0.3 is 6.09 Å². The average Bonchev–Trinajstić information content (AvgIpc) is 2.79. The van der Waals surface area contributed by atoms with Crippen LogP contribution in [-0.4, -0.2) is 57.5 Å². The van der Waals surface area contributed by atoms with Crippen molar-refractivity contribution in [3.63, 3.8) is 0 Å². The maximum atomic E-state index is 12.7. The Kier molecular flexibility index (Phi) is 6.51. The minimum atomic E-state index is -0.500. The highest BCUT2D eigenvalue weighted by atomic mass is 16.6. The van der Waals surface area contributed by atoms with Gasteiger partial charge in [-0.05, 0) is 54.4 Å². The lowest BCUT2D eigenvalue weighted by atomic mass is 10.0. The summed E-state index contributed by atoms with van der Waals surface area (Å²) in [7, 11) is 1.86. The van der Waals surface area contributed by atoms with E-state index >= 15 is 0 Å². The van der Waals surface area contributed by atoms with E-state index < -0.39 is 5.60 Å². The van der Waals surface area contributed by atoms with Gasteiger partial charge in [0.05, 0.1) is 23.1 Å². The fraction of sp³-hybridized carbons (Fsp3) is 0.737. The van der Waals surface area contributed by atoms with Gasteiger partial charge in [-0.15, -0.1) is 0 Å². The van der Waals surface area contributed by atoms with Gasteiger partial charge < -0.3 is 15.4 Å². The Morgan fingerprint density at radius 3 is 2.30 bits per heavy atom. The normalized spacial score (nSPS) is 17.4. The van der Waals surface area contributed by atoms with E-state index in [1.165, 1.54) is 0 Å². The van der Waals surface area contributed by atoms with E-state index in [4.69, 9.17) is 4.74 Å². The lowest BCUT2D eigenvalue weighted by Gasteiger charge is -2.35. The molecule has 2 amide bonds. The number of hydrogen-bond acceptors (Lipinski definition) is 5. The van der Waals surface area contributed by atoms with Crippen molar-refractivity contribution in [2.24, 2.45) is 7.05 Å². The summed E-state index contributed by atoms with van der Waals surface area (Å²) in [6, 6.07) is -0.166. The summed E-state index contributed by atoms with van der Waals surface area (Å²) < 4.78 is 7.08. The number of piperidine rings is 1. The molecule has 1 fully saturated rings. The van der Waals surface area contributed by atoms with Crippen molar-refractivity contribution in [2.45, 2.75) is 72.1 Å². The SMILES string of the molecule is Cc1nn(C)c(C)c1NC(=O)C(C)N1CCC(NC(=O)OC(C)(C)C)CC1. The number of aromatic nitrogens is 2. The molecule has 1 aromatic rings. The van der Waals surface area contributed by atoms with Crippen LogP contribution >= 0.6 is 0 Å². The standard InChI is InChI=1S/C19H33N5O3/c1-12-16(13(2)23(7)22-12)21-17(25)14(3)24-10-8-15(9-11-24)20-18(26)27-19(4,5)6/h14-15H,8-11H2,1-7H3,(H,20,26)(H,21,25). The molecule has 1 saturated heterocycles. The van der Waals surface area contributed by atoms with Crippen LogP contribution in [0.5, 0.6) is 0 Å². The molecule has 2 rings (SSSR count). The number of ether oxygens (including phenoxy) is 1. The Bertz CT molecular complexity index is 684. The summed E-state index contributed by atoms with van der Waals surface area (Å²) in [6.07, 6.45) is 1.21. The molecule has 152 valence electrons. The number of alkyl carbamates (subject to hydrolysis) is 1. The smallest absolute Gasteiger partial charge is 0.407 e. The number of carbonyl (C=O) groups excluding carboxylic acids is 2. The summed E-state index contributed by atoms with van der Waals surface area (Å²) in [5.41, 5.74) is 2.04. The van der Waals surface area contributed by atoms with Crippen LogP contribution in [0.25, 0.3) is 0 Å². The van der Waals surface area contributed by atoms with Crippen LogP contribution in [0.15, 0.2) is 0 Å². The molecule has 1 aromatic heterocycles. The number of likely N-dealkylation sites (tertiary alicyclic amines) is 1. The van der Waals surface area contributed by atoms with E-state index in [0.717, 1.165) is 43.0 Å². The number of nitrogens with one attached hydrogen (secondary N) is 2. The number of nitrogens with zero attached hydrogens (tertiary/aromatic N) is 3. The molecule has 8 nitrogen and oxygen atoms in total. The zero-order valence-corrected chi connectivity index (χ0v) is 17.5. The average molecular weight is 380 g/mol. The summed E-state index contributed by atoms with van der Waals surface area (Å²) >= 11 is 0. The lowest BCUT2D eigenvalue weighted by molar-refractivity contribution is -0.121. The van der Waals surface area contributed by atoms with E-state index in [0.29, 0.717) is 0 Å². The number of hydrogen-bond donors (Lipinski definition) is 2. The highest BCUT2D eigenvalue weighted by molar-refractivity contribution is 5.95. The highest BCUT2D eigenvalue weighted by Gasteiger charge is 2.29. The Morgan fingerprint density at radius 1 is 1.22 bits per heavy atom. The van der Waals surface area contributed by atoms with Crippen LogP contribution in [0.4, 0.5) is 10.5 Å². The van der Waals surface area contributed by atoms with Crippen molar-refractivity contribution >= 4 is 17.7 Å². The molecule has 0 radical (unpaired) electrons. The molecule has 1 unspecified atom stereocenters.